The van der Waals surface area contributed by atoms with Gasteiger partial charge in [0.1, 0.15) is 0 Å². The van der Waals surface area contributed by atoms with Crippen LogP contribution in [0.5, 0.6) is 0 Å². The lowest BCUT2D eigenvalue weighted by Crippen LogP contribution is -2.46. The molecule has 0 radical (unpaired) electrons. The average molecular weight is 347 g/mol. The molecule has 1 saturated carbocycles. The van der Waals surface area contributed by atoms with Crippen molar-refractivity contribution in [2.45, 2.75) is 66.0 Å². The number of carbonyl (C=O) groups is 1. The summed E-state index contributed by atoms with van der Waals surface area (Å²) in [5, 5.41) is 4.52. The Balaban J connectivity index is 1.73. The Morgan fingerprint density at radius 1 is 1.32 bits per heavy atom. The van der Waals surface area contributed by atoms with Crippen LogP contribution in [0.2, 0.25) is 0 Å². The van der Waals surface area contributed by atoms with Gasteiger partial charge >= 0.3 is 0 Å². The van der Waals surface area contributed by atoms with Crippen molar-refractivity contribution in [3.05, 3.63) is 17.5 Å². The Labute approximate surface area is 152 Å². The first kappa shape index (κ1) is 18.4. The van der Waals surface area contributed by atoms with Crippen LogP contribution in [0.25, 0.3) is 0 Å². The number of amides is 1. The highest BCUT2D eigenvalue weighted by molar-refractivity contribution is 5.95. The molecule has 140 valence electrons. The maximum Gasteiger partial charge on any atom is 0.257 e. The molecule has 5 nitrogen and oxygen atoms in total. The standard InChI is InChI=1S/C20H34N4O/c1-5-9-24-13-18(16(4)21-24)20(25)23-11-6-10-22(12-17-7-8-17)19(14-23)15(2)3/h13,15,17,19H,5-12,14H2,1-4H3/t19-/m0/s1. The lowest BCUT2D eigenvalue weighted by atomic mass is 10.0. The molecule has 25 heavy (non-hydrogen) atoms. The maximum absolute atomic E-state index is 13.2. The van der Waals surface area contributed by atoms with Gasteiger partial charge in [0.15, 0.2) is 0 Å². The lowest BCUT2D eigenvalue weighted by Gasteiger charge is -2.34. The molecule has 0 N–H and O–H groups in total. The Bertz CT molecular complexity index is 591. The highest BCUT2D eigenvalue weighted by Crippen LogP contribution is 2.32. The molecule has 0 aromatic carbocycles. The first-order valence-electron chi connectivity index (χ1n) is 10.1. The number of hydrogen-bond acceptors (Lipinski definition) is 3. The second-order valence-corrected chi connectivity index (χ2v) is 8.25. The van der Waals surface area contributed by atoms with Gasteiger partial charge in [0.05, 0.1) is 11.3 Å². The molecule has 1 atom stereocenters. The fourth-order valence-corrected chi connectivity index (χ4v) is 3.98. The summed E-state index contributed by atoms with van der Waals surface area (Å²) in [5.41, 5.74) is 1.64. The van der Waals surface area contributed by atoms with E-state index in [-0.39, 0.29) is 5.91 Å². The SMILES string of the molecule is CCCn1cc(C(=O)N2CCCN(CC3CC3)[C@H](C(C)C)C2)c(C)n1. The molecule has 1 aromatic heterocycles. The third kappa shape index (κ3) is 4.43. The van der Waals surface area contributed by atoms with Crippen molar-refractivity contribution in [3.63, 3.8) is 0 Å². The van der Waals surface area contributed by atoms with E-state index in [1.54, 1.807) is 0 Å². The van der Waals surface area contributed by atoms with E-state index in [0.717, 1.165) is 56.2 Å². The summed E-state index contributed by atoms with van der Waals surface area (Å²) >= 11 is 0. The van der Waals surface area contributed by atoms with Crippen LogP contribution in [-0.4, -0.2) is 57.7 Å². The Morgan fingerprint density at radius 3 is 2.72 bits per heavy atom. The van der Waals surface area contributed by atoms with Crippen molar-refractivity contribution in [2.24, 2.45) is 11.8 Å². The van der Waals surface area contributed by atoms with Gasteiger partial charge in [-0.15, -0.1) is 0 Å². The minimum atomic E-state index is 0.166. The van der Waals surface area contributed by atoms with E-state index in [2.05, 4.69) is 35.7 Å². The molecule has 0 bridgehead atoms. The number of nitrogens with zero attached hydrogens (tertiary/aromatic N) is 4. The number of hydrogen-bond donors (Lipinski definition) is 0. The molecule has 2 fully saturated rings. The van der Waals surface area contributed by atoms with Crippen LogP contribution in [0.3, 0.4) is 0 Å². The first-order chi connectivity index (χ1) is 12.0. The lowest BCUT2D eigenvalue weighted by molar-refractivity contribution is 0.0703. The fraction of sp³-hybridized carbons (Fsp3) is 0.800. The van der Waals surface area contributed by atoms with Gasteiger partial charge in [-0.2, -0.15) is 5.10 Å². The van der Waals surface area contributed by atoms with Crippen LogP contribution < -0.4 is 0 Å². The summed E-state index contributed by atoms with van der Waals surface area (Å²) in [6.07, 6.45) is 6.83. The zero-order valence-corrected chi connectivity index (χ0v) is 16.4. The van der Waals surface area contributed by atoms with Crippen molar-refractivity contribution >= 4 is 5.91 Å². The van der Waals surface area contributed by atoms with Crippen LogP contribution in [0, 0.1) is 18.8 Å². The van der Waals surface area contributed by atoms with E-state index in [0.29, 0.717) is 12.0 Å². The Kier molecular flexibility index (Phi) is 5.82. The van der Waals surface area contributed by atoms with Crippen LogP contribution in [0.4, 0.5) is 0 Å². The minimum absolute atomic E-state index is 0.166. The van der Waals surface area contributed by atoms with Crippen LogP contribution in [-0.2, 0) is 6.54 Å². The quantitative estimate of drug-likeness (QED) is 0.794. The first-order valence-corrected chi connectivity index (χ1v) is 10.1. The molecule has 2 aliphatic rings. The van der Waals surface area contributed by atoms with Gasteiger partial charge in [0, 0.05) is 45.0 Å². The fourth-order valence-electron chi connectivity index (χ4n) is 3.98. The van der Waals surface area contributed by atoms with Crippen LogP contribution >= 0.6 is 0 Å². The second kappa shape index (κ2) is 7.90. The normalized spacial score (nSPS) is 22.4. The molecule has 3 rings (SSSR count). The van der Waals surface area contributed by atoms with E-state index in [4.69, 9.17) is 0 Å². The zero-order valence-electron chi connectivity index (χ0n) is 16.4. The molecule has 1 aliphatic carbocycles. The van der Waals surface area contributed by atoms with Gasteiger partial charge in [-0.3, -0.25) is 14.4 Å². The van der Waals surface area contributed by atoms with Gasteiger partial charge in [-0.25, -0.2) is 0 Å². The Morgan fingerprint density at radius 2 is 2.08 bits per heavy atom. The number of aromatic nitrogens is 2. The number of aryl methyl sites for hydroxylation is 2. The largest absolute Gasteiger partial charge is 0.337 e. The summed E-state index contributed by atoms with van der Waals surface area (Å²) in [6, 6.07) is 0.470. The molecule has 1 aliphatic heterocycles. The van der Waals surface area contributed by atoms with Gasteiger partial charge in [-0.05, 0) is 44.4 Å². The molecule has 1 saturated heterocycles. The van der Waals surface area contributed by atoms with Crippen molar-refractivity contribution in [2.75, 3.05) is 26.2 Å². The highest BCUT2D eigenvalue weighted by Gasteiger charge is 2.34. The summed E-state index contributed by atoms with van der Waals surface area (Å²) in [4.78, 5) is 17.9. The third-order valence-electron chi connectivity index (χ3n) is 5.63. The van der Waals surface area contributed by atoms with Crippen molar-refractivity contribution in [1.29, 1.82) is 0 Å². The van der Waals surface area contributed by atoms with Gasteiger partial charge < -0.3 is 4.90 Å². The smallest absolute Gasteiger partial charge is 0.257 e. The van der Waals surface area contributed by atoms with Crippen LogP contribution in [0.1, 0.15) is 62.5 Å². The molecule has 1 aromatic rings. The average Bonchev–Trinajstić information content (AvgIpc) is 3.33. The second-order valence-electron chi connectivity index (χ2n) is 8.25. The topological polar surface area (TPSA) is 41.4 Å². The van der Waals surface area contributed by atoms with Crippen molar-refractivity contribution in [1.82, 2.24) is 19.6 Å². The molecule has 1 amide bonds. The molecule has 0 unspecified atom stereocenters. The minimum Gasteiger partial charge on any atom is -0.337 e. The van der Waals surface area contributed by atoms with E-state index in [1.807, 2.05) is 17.8 Å². The van der Waals surface area contributed by atoms with Gasteiger partial charge in [0.2, 0.25) is 0 Å². The third-order valence-corrected chi connectivity index (χ3v) is 5.63. The predicted molar refractivity (Wildman–Crippen MR) is 101 cm³/mol. The summed E-state index contributed by atoms with van der Waals surface area (Å²) in [6.45, 7) is 13.6. The van der Waals surface area contributed by atoms with E-state index < -0.39 is 0 Å². The van der Waals surface area contributed by atoms with Gasteiger partial charge in [-0.1, -0.05) is 20.8 Å². The summed E-state index contributed by atoms with van der Waals surface area (Å²) < 4.78 is 1.92. The molecule has 5 heteroatoms. The molecule has 0 spiro atoms. The van der Waals surface area contributed by atoms with E-state index >= 15 is 0 Å². The summed E-state index contributed by atoms with van der Waals surface area (Å²) in [5.74, 6) is 1.63. The monoisotopic (exact) mass is 346 g/mol. The van der Waals surface area contributed by atoms with E-state index in [9.17, 15) is 4.79 Å². The zero-order chi connectivity index (χ0) is 18.0. The predicted octanol–water partition coefficient (Wildman–Crippen LogP) is 3.18. The van der Waals surface area contributed by atoms with Crippen molar-refractivity contribution in [3.8, 4) is 0 Å². The maximum atomic E-state index is 13.2. The molecule has 2 heterocycles. The summed E-state index contributed by atoms with van der Waals surface area (Å²) in [7, 11) is 0. The number of rotatable bonds is 6. The van der Waals surface area contributed by atoms with Crippen LogP contribution in [0.15, 0.2) is 6.20 Å². The molecular formula is C20H34N4O. The number of carbonyl (C=O) groups excluding carboxylic acids is 1. The van der Waals surface area contributed by atoms with E-state index in [1.165, 1.54) is 19.4 Å². The van der Waals surface area contributed by atoms with Crippen molar-refractivity contribution < 1.29 is 4.79 Å². The highest BCUT2D eigenvalue weighted by atomic mass is 16.2. The van der Waals surface area contributed by atoms with Gasteiger partial charge in [0.25, 0.3) is 5.91 Å². The molecular weight excluding hydrogens is 312 g/mol. The Hall–Kier alpha value is -1.36.